The van der Waals surface area contributed by atoms with E-state index < -0.39 is 0 Å². The SMILES string of the molecule is CC[C@H]1C(O)C2C(CC[C@@]3(C)C2CC[C@@H]3[C@H](C)C[N+]2=NCN=N2)[C@@]2(C)CC[C@@H](O)CC12. The minimum Gasteiger partial charge on any atom is -0.393 e. The van der Waals surface area contributed by atoms with Crippen LogP contribution in [0.25, 0.3) is 0 Å². The second kappa shape index (κ2) is 7.86. The largest absolute Gasteiger partial charge is 0.393 e. The van der Waals surface area contributed by atoms with Crippen molar-refractivity contribution in [1.82, 2.24) is 0 Å². The lowest BCUT2D eigenvalue weighted by Gasteiger charge is -2.64. The van der Waals surface area contributed by atoms with Crippen LogP contribution in [0.15, 0.2) is 15.5 Å². The fourth-order valence-electron chi connectivity index (χ4n) is 9.64. The predicted octanol–water partition coefficient (Wildman–Crippen LogP) is 5.05. The molecule has 11 atom stereocenters. The van der Waals surface area contributed by atoms with Crippen molar-refractivity contribution in [2.75, 3.05) is 13.2 Å². The molecule has 0 aromatic rings. The van der Waals surface area contributed by atoms with Crippen LogP contribution in [0, 0.1) is 52.3 Å². The Morgan fingerprint density at radius 2 is 1.74 bits per heavy atom. The van der Waals surface area contributed by atoms with Crippen LogP contribution in [-0.2, 0) is 0 Å². The summed E-state index contributed by atoms with van der Waals surface area (Å²) in [6.45, 7) is 11.0. The molecule has 5 unspecified atom stereocenters. The Bertz CT molecular complexity index is 756. The normalized spacial score (nSPS) is 52.3. The first-order valence-electron chi connectivity index (χ1n) is 13.0. The van der Waals surface area contributed by atoms with E-state index in [1.54, 1.807) is 4.81 Å². The zero-order valence-corrected chi connectivity index (χ0v) is 20.0. The molecule has 0 amide bonds. The molecule has 1 aliphatic heterocycles. The molecular weight excluding hydrogens is 388 g/mol. The fraction of sp³-hybridized carbons (Fsp3) is 1.00. The summed E-state index contributed by atoms with van der Waals surface area (Å²) < 4.78 is 0. The van der Waals surface area contributed by atoms with Crippen molar-refractivity contribution in [3.63, 3.8) is 0 Å². The molecule has 0 aromatic carbocycles. The highest BCUT2D eigenvalue weighted by Gasteiger charge is 2.65. The molecule has 6 heteroatoms. The van der Waals surface area contributed by atoms with Crippen LogP contribution < -0.4 is 0 Å². The Morgan fingerprint density at radius 1 is 1.00 bits per heavy atom. The van der Waals surface area contributed by atoms with E-state index in [0.29, 0.717) is 53.5 Å². The van der Waals surface area contributed by atoms with E-state index in [1.165, 1.54) is 25.7 Å². The number of azo groups is 1. The zero-order chi connectivity index (χ0) is 22.0. The molecule has 2 N–H and O–H groups in total. The van der Waals surface area contributed by atoms with Gasteiger partial charge in [-0.2, -0.15) is 0 Å². The summed E-state index contributed by atoms with van der Waals surface area (Å²) in [5.41, 5.74) is 0.581. The number of nitrogens with zero attached hydrogens (tertiary/aromatic N) is 4. The molecule has 5 aliphatic rings. The molecule has 0 radical (unpaired) electrons. The number of fused-ring (bicyclic) bond motifs is 5. The van der Waals surface area contributed by atoms with Gasteiger partial charge in [-0.3, -0.25) is 0 Å². The molecule has 6 nitrogen and oxygen atoms in total. The summed E-state index contributed by atoms with van der Waals surface area (Å²) in [5, 5.41) is 34.8. The molecule has 5 rings (SSSR count). The standard InChI is InChI=1S/C25H43N4O2/c1-5-17-21-12-16(30)8-10-25(21,4)20-9-11-24(3)18(6-7-19(24)22(20)23(17)31)15(2)13-29-27-14-26-28-29/h15-23,30-31H,5-14H2,1-4H3/q+1/t15-,16-,17-,18-,19?,20?,21?,22?,23?,24-,25-/m1/s1. The third-order valence-corrected chi connectivity index (χ3v) is 11.1. The molecule has 0 bridgehead atoms. The van der Waals surface area contributed by atoms with Crippen LogP contribution in [0.5, 0.6) is 0 Å². The Balaban J connectivity index is 1.42. The van der Waals surface area contributed by atoms with Gasteiger partial charge in [0.15, 0.2) is 5.22 Å². The Hall–Kier alpha value is -0.880. The van der Waals surface area contributed by atoms with Crippen LogP contribution in [-0.4, -0.2) is 40.4 Å². The van der Waals surface area contributed by atoms with Gasteiger partial charge in [-0.1, -0.05) is 34.1 Å². The van der Waals surface area contributed by atoms with E-state index in [2.05, 4.69) is 43.1 Å². The van der Waals surface area contributed by atoms with Crippen LogP contribution in [0.4, 0.5) is 0 Å². The molecule has 0 aromatic heterocycles. The highest BCUT2D eigenvalue weighted by Crippen LogP contribution is 2.69. The monoisotopic (exact) mass is 431 g/mol. The first kappa shape index (κ1) is 21.9. The van der Waals surface area contributed by atoms with Gasteiger partial charge in [0.05, 0.1) is 17.3 Å². The lowest BCUT2D eigenvalue weighted by molar-refractivity contribution is -0.604. The van der Waals surface area contributed by atoms with Gasteiger partial charge in [0, 0.05) is 5.92 Å². The van der Waals surface area contributed by atoms with E-state index in [0.717, 1.165) is 32.2 Å². The second-order valence-corrected chi connectivity index (χ2v) is 12.2. The summed E-state index contributed by atoms with van der Waals surface area (Å²) >= 11 is 0. The molecular formula is C25H43N4O2+. The fourth-order valence-corrected chi connectivity index (χ4v) is 9.64. The van der Waals surface area contributed by atoms with Gasteiger partial charge < -0.3 is 10.2 Å². The van der Waals surface area contributed by atoms with Crippen LogP contribution in [0.1, 0.15) is 79.1 Å². The Morgan fingerprint density at radius 3 is 2.45 bits per heavy atom. The summed E-state index contributed by atoms with van der Waals surface area (Å²) in [7, 11) is 0. The topological polar surface area (TPSA) is 80.5 Å². The van der Waals surface area contributed by atoms with Crippen molar-refractivity contribution in [3.8, 4) is 0 Å². The number of rotatable bonds is 4. The zero-order valence-electron chi connectivity index (χ0n) is 20.0. The van der Waals surface area contributed by atoms with E-state index in [1.807, 2.05) is 0 Å². The number of aliphatic hydroxyl groups is 2. The molecule has 4 aliphatic carbocycles. The Kier molecular flexibility index (Phi) is 5.56. The number of hydrogen-bond donors (Lipinski definition) is 2. The molecule has 4 saturated carbocycles. The van der Waals surface area contributed by atoms with Crippen molar-refractivity contribution in [2.24, 2.45) is 67.7 Å². The molecule has 31 heavy (non-hydrogen) atoms. The number of hydrogen-bond acceptors (Lipinski definition) is 5. The van der Waals surface area contributed by atoms with Gasteiger partial charge in [-0.05, 0) is 101 Å². The van der Waals surface area contributed by atoms with E-state index in [-0.39, 0.29) is 17.6 Å². The van der Waals surface area contributed by atoms with Gasteiger partial charge in [0.25, 0.3) is 6.67 Å². The summed E-state index contributed by atoms with van der Waals surface area (Å²) in [4.78, 5) is 1.80. The van der Waals surface area contributed by atoms with Gasteiger partial charge in [0.2, 0.25) is 0 Å². The minimum atomic E-state index is -0.209. The van der Waals surface area contributed by atoms with Gasteiger partial charge in [-0.25, -0.2) is 0 Å². The van der Waals surface area contributed by atoms with Crippen molar-refractivity contribution < 1.29 is 15.0 Å². The van der Waals surface area contributed by atoms with E-state index in [4.69, 9.17) is 0 Å². The third-order valence-electron chi connectivity index (χ3n) is 11.1. The summed E-state index contributed by atoms with van der Waals surface area (Å²) in [5.74, 6) is 3.65. The average molecular weight is 432 g/mol. The molecule has 4 fully saturated rings. The third kappa shape index (κ3) is 3.25. The summed E-state index contributed by atoms with van der Waals surface area (Å²) in [6.07, 6.45) is 8.65. The van der Waals surface area contributed by atoms with Gasteiger partial charge in [0.1, 0.15) is 6.54 Å². The smallest absolute Gasteiger partial charge is 0.286 e. The molecule has 1 heterocycles. The number of aliphatic hydroxyl groups excluding tert-OH is 2. The predicted molar refractivity (Wildman–Crippen MR) is 118 cm³/mol. The highest BCUT2D eigenvalue weighted by atomic mass is 16.3. The van der Waals surface area contributed by atoms with E-state index in [9.17, 15) is 10.2 Å². The minimum absolute atomic E-state index is 0.172. The van der Waals surface area contributed by atoms with Gasteiger partial charge >= 0.3 is 0 Å². The van der Waals surface area contributed by atoms with Crippen molar-refractivity contribution >= 4 is 0 Å². The Labute approximate surface area is 187 Å². The van der Waals surface area contributed by atoms with Crippen molar-refractivity contribution in [2.45, 2.75) is 91.3 Å². The lowest BCUT2D eigenvalue weighted by Crippen LogP contribution is -2.62. The summed E-state index contributed by atoms with van der Waals surface area (Å²) in [6, 6.07) is 0. The average Bonchev–Trinajstić information content (AvgIpc) is 3.36. The van der Waals surface area contributed by atoms with Gasteiger partial charge in [-0.15, -0.1) is 0 Å². The van der Waals surface area contributed by atoms with E-state index >= 15 is 0 Å². The van der Waals surface area contributed by atoms with Crippen LogP contribution >= 0.6 is 0 Å². The molecule has 174 valence electrons. The first-order chi connectivity index (χ1) is 14.8. The van der Waals surface area contributed by atoms with Crippen molar-refractivity contribution in [1.29, 1.82) is 0 Å². The highest BCUT2D eigenvalue weighted by molar-refractivity contribution is 5.13. The second-order valence-electron chi connectivity index (χ2n) is 12.2. The molecule has 0 saturated heterocycles. The van der Waals surface area contributed by atoms with Crippen molar-refractivity contribution in [3.05, 3.63) is 0 Å². The molecule has 0 spiro atoms. The first-order valence-corrected chi connectivity index (χ1v) is 13.0. The maximum atomic E-state index is 11.8. The van der Waals surface area contributed by atoms with Crippen LogP contribution in [0.2, 0.25) is 0 Å². The maximum Gasteiger partial charge on any atom is 0.286 e. The maximum absolute atomic E-state index is 11.8. The lowest BCUT2D eigenvalue weighted by atomic mass is 9.41. The van der Waals surface area contributed by atoms with Crippen LogP contribution in [0.3, 0.4) is 0 Å². The quantitative estimate of drug-likeness (QED) is 0.611.